The van der Waals surface area contributed by atoms with Gasteiger partial charge in [0, 0.05) is 16.8 Å². The van der Waals surface area contributed by atoms with Crippen LogP contribution in [0.4, 0.5) is 0 Å². The van der Waals surface area contributed by atoms with E-state index >= 15 is 0 Å². The van der Waals surface area contributed by atoms with Gasteiger partial charge in [0.2, 0.25) is 0 Å². The van der Waals surface area contributed by atoms with E-state index in [1.54, 1.807) is 6.08 Å². The molecule has 1 nitrogen and oxygen atoms in total. The molecule has 1 heteroatoms. The summed E-state index contributed by atoms with van der Waals surface area (Å²) in [4.78, 5) is 2.08. The van der Waals surface area contributed by atoms with Gasteiger partial charge in [-0.15, -0.1) is 0 Å². The first kappa shape index (κ1) is 15.5. The van der Waals surface area contributed by atoms with E-state index in [1.165, 1.54) is 5.57 Å². The minimum absolute atomic E-state index is 0.0346. The highest BCUT2D eigenvalue weighted by Gasteiger charge is 2.22. The normalized spacial score (nSPS) is 13.2. The lowest BCUT2D eigenvalue weighted by Gasteiger charge is -2.37. The molecule has 0 radical (unpaired) electrons. The first-order valence-electron chi connectivity index (χ1n) is 5.86. The third-order valence-corrected chi connectivity index (χ3v) is 2.65. The molecule has 0 heterocycles. The quantitative estimate of drug-likeness (QED) is 0.613. The van der Waals surface area contributed by atoms with Crippen molar-refractivity contribution in [2.75, 3.05) is 0 Å². The Labute approximate surface area is 107 Å². The summed E-state index contributed by atoms with van der Waals surface area (Å²) in [5.41, 5.74) is 3.19. The van der Waals surface area contributed by atoms with E-state index in [2.05, 4.69) is 58.4 Å². The van der Waals surface area contributed by atoms with Crippen LogP contribution in [0.5, 0.6) is 0 Å². The predicted octanol–water partition coefficient (Wildman–Crippen LogP) is 4.82. The second-order valence-corrected chi connectivity index (χ2v) is 4.96. The van der Waals surface area contributed by atoms with Crippen molar-refractivity contribution in [3.63, 3.8) is 0 Å². The summed E-state index contributed by atoms with van der Waals surface area (Å²) in [5, 5.41) is 0. The zero-order chi connectivity index (χ0) is 13.6. The van der Waals surface area contributed by atoms with E-state index in [-0.39, 0.29) is 5.54 Å². The van der Waals surface area contributed by atoms with Gasteiger partial charge in [-0.2, -0.15) is 0 Å². The SMILES string of the molecule is C=C/C=C(C(=C)N(C=C)C(C)(C)C)\C(C)=C/C. The molecule has 0 spiro atoms. The number of nitrogens with zero attached hydrogens (tertiary/aromatic N) is 1. The van der Waals surface area contributed by atoms with Crippen LogP contribution in [-0.2, 0) is 0 Å². The van der Waals surface area contributed by atoms with Gasteiger partial charge in [0.05, 0.1) is 0 Å². The Balaban J connectivity index is 5.44. The van der Waals surface area contributed by atoms with Crippen molar-refractivity contribution in [1.82, 2.24) is 4.90 Å². The van der Waals surface area contributed by atoms with Crippen molar-refractivity contribution in [3.05, 3.63) is 61.0 Å². The fourth-order valence-electron chi connectivity index (χ4n) is 1.65. The van der Waals surface area contributed by atoms with Gasteiger partial charge in [0.25, 0.3) is 0 Å². The second-order valence-electron chi connectivity index (χ2n) is 4.96. The van der Waals surface area contributed by atoms with E-state index in [9.17, 15) is 0 Å². The third-order valence-electron chi connectivity index (χ3n) is 2.65. The van der Waals surface area contributed by atoms with E-state index < -0.39 is 0 Å². The Hall–Kier alpha value is -1.50. The van der Waals surface area contributed by atoms with Crippen molar-refractivity contribution in [1.29, 1.82) is 0 Å². The number of allylic oxidation sites excluding steroid dienone is 4. The second kappa shape index (κ2) is 6.29. The molecule has 0 amide bonds. The fraction of sp³-hybridized carbons (Fsp3) is 0.375. The van der Waals surface area contributed by atoms with Crippen LogP contribution in [0.2, 0.25) is 0 Å². The number of hydrogen-bond donors (Lipinski definition) is 0. The summed E-state index contributed by atoms with van der Waals surface area (Å²) in [6.45, 7) is 22.3. The first-order chi connectivity index (χ1) is 7.79. The maximum Gasteiger partial charge on any atom is 0.0414 e. The van der Waals surface area contributed by atoms with Crippen LogP contribution in [0.1, 0.15) is 34.6 Å². The van der Waals surface area contributed by atoms with Gasteiger partial charge >= 0.3 is 0 Å². The molecule has 0 aromatic carbocycles. The lowest BCUT2D eigenvalue weighted by Crippen LogP contribution is -2.36. The van der Waals surface area contributed by atoms with Gasteiger partial charge < -0.3 is 4.90 Å². The van der Waals surface area contributed by atoms with Crippen molar-refractivity contribution < 1.29 is 0 Å². The molecule has 0 fully saturated rings. The van der Waals surface area contributed by atoms with Crippen molar-refractivity contribution in [2.45, 2.75) is 40.2 Å². The van der Waals surface area contributed by atoms with Crippen LogP contribution in [0.25, 0.3) is 0 Å². The molecule has 0 rings (SSSR count). The van der Waals surface area contributed by atoms with Gasteiger partial charge in [0.15, 0.2) is 0 Å². The topological polar surface area (TPSA) is 3.24 Å². The zero-order valence-corrected chi connectivity index (χ0v) is 11.9. The molecule has 0 saturated carbocycles. The number of hydrogen-bond acceptors (Lipinski definition) is 1. The zero-order valence-electron chi connectivity index (χ0n) is 11.9. The highest BCUT2D eigenvalue weighted by atomic mass is 15.2. The van der Waals surface area contributed by atoms with Gasteiger partial charge in [0.1, 0.15) is 0 Å². The Morgan fingerprint density at radius 1 is 1.18 bits per heavy atom. The smallest absolute Gasteiger partial charge is 0.0414 e. The maximum atomic E-state index is 4.18. The van der Waals surface area contributed by atoms with Crippen molar-refractivity contribution in [3.8, 4) is 0 Å². The summed E-state index contributed by atoms with van der Waals surface area (Å²) in [7, 11) is 0. The molecule has 0 aliphatic rings. The van der Waals surface area contributed by atoms with Gasteiger partial charge in [-0.1, -0.05) is 38.0 Å². The summed E-state index contributed by atoms with van der Waals surface area (Å²) in [6, 6.07) is 0. The van der Waals surface area contributed by atoms with E-state index in [0.717, 1.165) is 11.3 Å². The van der Waals surface area contributed by atoms with Crippen LogP contribution in [-0.4, -0.2) is 10.4 Å². The van der Waals surface area contributed by atoms with Gasteiger partial charge in [-0.25, -0.2) is 0 Å². The minimum Gasteiger partial charge on any atom is -0.343 e. The molecule has 17 heavy (non-hydrogen) atoms. The molecule has 0 aromatic rings. The van der Waals surface area contributed by atoms with Crippen LogP contribution in [0, 0.1) is 0 Å². The molecule has 0 N–H and O–H groups in total. The average Bonchev–Trinajstić information content (AvgIpc) is 2.23. The Kier molecular flexibility index (Phi) is 5.73. The molecule has 0 aliphatic carbocycles. The Morgan fingerprint density at radius 3 is 2.00 bits per heavy atom. The highest BCUT2D eigenvalue weighted by Crippen LogP contribution is 2.27. The van der Waals surface area contributed by atoms with Crippen LogP contribution < -0.4 is 0 Å². The maximum absolute atomic E-state index is 4.18. The summed E-state index contributed by atoms with van der Waals surface area (Å²) in [5.74, 6) is 0. The van der Waals surface area contributed by atoms with Crippen LogP contribution in [0.3, 0.4) is 0 Å². The number of rotatable bonds is 5. The van der Waals surface area contributed by atoms with E-state index in [0.29, 0.717) is 0 Å². The molecular weight excluding hydrogens is 206 g/mol. The molecule has 0 saturated heterocycles. The Bertz CT molecular complexity index is 361. The van der Waals surface area contributed by atoms with Crippen molar-refractivity contribution in [2.24, 2.45) is 0 Å². The molecular formula is C16H25N. The first-order valence-corrected chi connectivity index (χ1v) is 5.86. The van der Waals surface area contributed by atoms with Crippen LogP contribution >= 0.6 is 0 Å². The summed E-state index contributed by atoms with van der Waals surface area (Å²) in [6.07, 6.45) is 7.67. The molecule has 0 aromatic heterocycles. The highest BCUT2D eigenvalue weighted by molar-refractivity contribution is 5.46. The van der Waals surface area contributed by atoms with Crippen LogP contribution in [0.15, 0.2) is 61.0 Å². The van der Waals surface area contributed by atoms with Gasteiger partial charge in [-0.3, -0.25) is 0 Å². The third kappa shape index (κ3) is 4.10. The standard InChI is InChI=1S/C16H25N/c1-9-12-15(13(4)10-2)14(5)17(11-3)16(6,7)8/h9-12H,1,3,5H2,2,4,6-8H3/b13-10-,15-12+. The monoisotopic (exact) mass is 231 g/mol. The van der Waals surface area contributed by atoms with E-state index in [1.807, 2.05) is 19.2 Å². The minimum atomic E-state index is -0.0346. The lowest BCUT2D eigenvalue weighted by molar-refractivity contribution is 0.265. The van der Waals surface area contributed by atoms with Gasteiger partial charge in [-0.05, 0) is 46.4 Å². The molecule has 0 aliphatic heterocycles. The molecule has 0 unspecified atom stereocenters. The molecule has 0 atom stereocenters. The predicted molar refractivity (Wildman–Crippen MR) is 78.6 cm³/mol. The summed E-state index contributed by atoms with van der Waals surface area (Å²) >= 11 is 0. The largest absolute Gasteiger partial charge is 0.343 e. The molecule has 0 bridgehead atoms. The summed E-state index contributed by atoms with van der Waals surface area (Å²) < 4.78 is 0. The average molecular weight is 231 g/mol. The molecule has 94 valence electrons. The van der Waals surface area contributed by atoms with E-state index in [4.69, 9.17) is 0 Å². The fourth-order valence-corrected chi connectivity index (χ4v) is 1.65. The lowest BCUT2D eigenvalue weighted by atomic mass is 9.99. The van der Waals surface area contributed by atoms with Crippen molar-refractivity contribution >= 4 is 0 Å². The Morgan fingerprint density at radius 2 is 1.71 bits per heavy atom.